The minimum Gasteiger partial charge on any atom is -0.358 e. The Morgan fingerprint density at radius 3 is 2.00 bits per heavy atom. The Labute approximate surface area is 198 Å². The van der Waals surface area contributed by atoms with Crippen LogP contribution in [0.3, 0.4) is 0 Å². The summed E-state index contributed by atoms with van der Waals surface area (Å²) in [6.07, 6.45) is 3.33. The van der Waals surface area contributed by atoms with Crippen molar-refractivity contribution in [2.24, 2.45) is 0 Å². The predicted octanol–water partition coefficient (Wildman–Crippen LogP) is 7.48. The van der Waals surface area contributed by atoms with Gasteiger partial charge in [-0.1, -0.05) is 72.8 Å². The van der Waals surface area contributed by atoms with Gasteiger partial charge in [0.25, 0.3) is 0 Å². The normalized spacial score (nSPS) is 16.5. The van der Waals surface area contributed by atoms with Crippen molar-refractivity contribution in [1.82, 2.24) is 14.0 Å². The lowest BCUT2D eigenvalue weighted by atomic mass is 10.0. The van der Waals surface area contributed by atoms with E-state index in [4.69, 9.17) is 9.72 Å². The van der Waals surface area contributed by atoms with Gasteiger partial charge in [0, 0.05) is 6.61 Å². The highest BCUT2D eigenvalue weighted by Crippen LogP contribution is 2.36. The minimum atomic E-state index is 0.0155. The molecule has 34 heavy (non-hydrogen) atoms. The van der Waals surface area contributed by atoms with E-state index in [0.29, 0.717) is 0 Å². The summed E-state index contributed by atoms with van der Waals surface area (Å²) in [5, 5.41) is 0. The van der Waals surface area contributed by atoms with Crippen molar-refractivity contribution in [3.05, 3.63) is 97.1 Å². The molecule has 4 heteroatoms. The highest BCUT2D eigenvalue weighted by atomic mass is 16.5. The van der Waals surface area contributed by atoms with Crippen molar-refractivity contribution >= 4 is 27.8 Å². The fraction of sp³-hybridized carbons (Fsp3) is 0.167. The molecular weight excluding hydrogens is 418 g/mol. The van der Waals surface area contributed by atoms with Crippen molar-refractivity contribution in [3.63, 3.8) is 0 Å². The van der Waals surface area contributed by atoms with Gasteiger partial charge in [-0.15, -0.1) is 0 Å². The van der Waals surface area contributed by atoms with Gasteiger partial charge in [0.1, 0.15) is 6.23 Å². The van der Waals surface area contributed by atoms with Crippen molar-refractivity contribution in [2.75, 3.05) is 6.61 Å². The zero-order valence-electron chi connectivity index (χ0n) is 18.9. The molecule has 7 rings (SSSR count). The van der Waals surface area contributed by atoms with E-state index in [9.17, 15) is 0 Å². The van der Waals surface area contributed by atoms with Gasteiger partial charge < -0.3 is 4.74 Å². The smallest absolute Gasteiger partial charge is 0.218 e. The molecule has 3 heterocycles. The molecule has 1 fully saturated rings. The molecular formula is C30H25N3O. The molecule has 6 aromatic rings. The first-order chi connectivity index (χ1) is 16.9. The summed E-state index contributed by atoms with van der Waals surface area (Å²) >= 11 is 0. The van der Waals surface area contributed by atoms with Gasteiger partial charge in [-0.3, -0.25) is 8.97 Å². The molecule has 1 aliphatic rings. The van der Waals surface area contributed by atoms with Gasteiger partial charge in [-0.2, -0.15) is 0 Å². The standard InChI is InChI=1S/C30H25N3O/c1-3-9-21(10-4-1)23-14-16-25-27(19-23)32-28-20-24(22-11-5-2-6-12-22)15-17-26(28)33(30(32)31-25)29-13-7-8-18-34-29/h1-6,9-12,14-17,19-20,29H,7-8,13,18H2. The van der Waals surface area contributed by atoms with E-state index < -0.39 is 0 Å². The van der Waals surface area contributed by atoms with Crippen molar-refractivity contribution in [3.8, 4) is 22.3 Å². The summed E-state index contributed by atoms with van der Waals surface area (Å²) in [6, 6.07) is 34.5. The fourth-order valence-electron chi connectivity index (χ4n) is 5.31. The van der Waals surface area contributed by atoms with Crippen LogP contribution in [-0.4, -0.2) is 20.6 Å². The van der Waals surface area contributed by atoms with Crippen LogP contribution >= 0.6 is 0 Å². The van der Waals surface area contributed by atoms with Crippen LogP contribution in [0, 0.1) is 0 Å². The molecule has 166 valence electrons. The zero-order chi connectivity index (χ0) is 22.5. The Bertz CT molecular complexity index is 1620. The predicted molar refractivity (Wildman–Crippen MR) is 138 cm³/mol. The molecule has 4 nitrogen and oxygen atoms in total. The van der Waals surface area contributed by atoms with Crippen molar-refractivity contribution in [1.29, 1.82) is 0 Å². The van der Waals surface area contributed by atoms with E-state index in [1.807, 2.05) is 0 Å². The number of fused-ring (bicyclic) bond motifs is 5. The maximum atomic E-state index is 6.25. The minimum absolute atomic E-state index is 0.0155. The number of rotatable bonds is 3. The second-order valence-electron chi connectivity index (χ2n) is 9.08. The Hall–Kier alpha value is -3.89. The van der Waals surface area contributed by atoms with E-state index in [1.165, 1.54) is 39.7 Å². The van der Waals surface area contributed by atoms with E-state index >= 15 is 0 Å². The topological polar surface area (TPSA) is 31.5 Å². The number of imidazole rings is 2. The van der Waals surface area contributed by atoms with Gasteiger partial charge >= 0.3 is 0 Å². The number of aromatic nitrogens is 3. The summed E-state index contributed by atoms with van der Waals surface area (Å²) < 4.78 is 10.9. The van der Waals surface area contributed by atoms with Gasteiger partial charge in [-0.05, 0) is 65.8 Å². The molecule has 0 N–H and O–H groups in total. The molecule has 0 spiro atoms. The van der Waals surface area contributed by atoms with Crippen LogP contribution in [0.2, 0.25) is 0 Å². The number of hydrogen-bond acceptors (Lipinski definition) is 2. The van der Waals surface area contributed by atoms with Crippen molar-refractivity contribution < 1.29 is 4.74 Å². The highest BCUT2D eigenvalue weighted by Gasteiger charge is 2.24. The Morgan fingerprint density at radius 2 is 1.32 bits per heavy atom. The lowest BCUT2D eigenvalue weighted by Gasteiger charge is -2.24. The largest absolute Gasteiger partial charge is 0.358 e. The zero-order valence-corrected chi connectivity index (χ0v) is 18.9. The third-order valence-corrected chi connectivity index (χ3v) is 6.99. The maximum absolute atomic E-state index is 6.25. The number of nitrogens with zero attached hydrogens (tertiary/aromatic N) is 3. The van der Waals surface area contributed by atoms with Crippen LogP contribution in [0.4, 0.5) is 0 Å². The quantitative estimate of drug-likeness (QED) is 0.284. The molecule has 0 saturated carbocycles. The monoisotopic (exact) mass is 443 g/mol. The fourth-order valence-corrected chi connectivity index (χ4v) is 5.31. The third-order valence-electron chi connectivity index (χ3n) is 6.99. The molecule has 0 bridgehead atoms. The molecule has 0 aliphatic carbocycles. The van der Waals surface area contributed by atoms with Gasteiger partial charge in [-0.25, -0.2) is 4.98 Å². The molecule has 1 atom stereocenters. The third kappa shape index (κ3) is 3.06. The number of hydrogen-bond donors (Lipinski definition) is 0. The van der Waals surface area contributed by atoms with Crippen LogP contribution < -0.4 is 0 Å². The highest BCUT2D eigenvalue weighted by molar-refractivity contribution is 5.94. The lowest BCUT2D eigenvalue weighted by molar-refractivity contribution is -0.0272. The van der Waals surface area contributed by atoms with E-state index in [2.05, 4.69) is 106 Å². The number of ether oxygens (including phenoxy) is 1. The summed E-state index contributed by atoms with van der Waals surface area (Å²) in [5.41, 5.74) is 9.30. The maximum Gasteiger partial charge on any atom is 0.218 e. The molecule has 0 amide bonds. The van der Waals surface area contributed by atoms with Crippen molar-refractivity contribution in [2.45, 2.75) is 25.5 Å². The summed E-state index contributed by atoms with van der Waals surface area (Å²) in [4.78, 5) is 5.11. The Kier molecular flexibility index (Phi) is 4.52. The summed E-state index contributed by atoms with van der Waals surface area (Å²) in [6.45, 7) is 0.803. The molecule has 1 saturated heterocycles. The Balaban J connectivity index is 1.53. The first-order valence-corrected chi connectivity index (χ1v) is 12.1. The first-order valence-electron chi connectivity index (χ1n) is 12.1. The lowest BCUT2D eigenvalue weighted by Crippen LogP contribution is -2.18. The second kappa shape index (κ2) is 7.86. The van der Waals surface area contributed by atoms with Crippen LogP contribution in [0.15, 0.2) is 97.1 Å². The van der Waals surface area contributed by atoms with E-state index in [1.54, 1.807) is 0 Å². The molecule has 2 aromatic heterocycles. The van der Waals surface area contributed by atoms with Crippen LogP contribution in [0.25, 0.3) is 50.1 Å². The molecule has 0 radical (unpaired) electrons. The molecule has 1 unspecified atom stereocenters. The van der Waals surface area contributed by atoms with Gasteiger partial charge in [0.2, 0.25) is 5.78 Å². The summed E-state index contributed by atoms with van der Waals surface area (Å²) in [5.74, 6) is 0.951. The van der Waals surface area contributed by atoms with Gasteiger partial charge in [0.05, 0.1) is 22.1 Å². The summed E-state index contributed by atoms with van der Waals surface area (Å²) in [7, 11) is 0. The average Bonchev–Trinajstić information content (AvgIpc) is 3.44. The van der Waals surface area contributed by atoms with E-state index in [-0.39, 0.29) is 6.23 Å². The first kappa shape index (κ1) is 19.6. The SMILES string of the molecule is c1ccc(-c2ccc3nc4n(C5CCCCO5)c5ccc(-c6ccccc6)cc5n4c3c2)cc1. The van der Waals surface area contributed by atoms with Crippen LogP contribution in [0.5, 0.6) is 0 Å². The second-order valence-corrected chi connectivity index (χ2v) is 9.08. The van der Waals surface area contributed by atoms with Crippen LogP contribution in [-0.2, 0) is 4.74 Å². The molecule has 4 aromatic carbocycles. The number of benzene rings is 4. The van der Waals surface area contributed by atoms with E-state index in [0.717, 1.165) is 36.3 Å². The average molecular weight is 444 g/mol. The van der Waals surface area contributed by atoms with Crippen LogP contribution in [0.1, 0.15) is 25.5 Å². The van der Waals surface area contributed by atoms with Gasteiger partial charge in [0.15, 0.2) is 0 Å². The molecule has 1 aliphatic heterocycles. The Morgan fingerprint density at radius 1 is 0.647 bits per heavy atom.